The van der Waals surface area contributed by atoms with Gasteiger partial charge in [-0.15, -0.1) is 0 Å². The number of fused-ring (bicyclic) bond motifs is 1. The van der Waals surface area contributed by atoms with Crippen molar-refractivity contribution in [2.24, 2.45) is 11.8 Å². The number of ether oxygens (including phenoxy) is 1. The number of nitrogens with one attached hydrogen (secondary N) is 1. The summed E-state index contributed by atoms with van der Waals surface area (Å²) in [6.07, 6.45) is 8.84. The van der Waals surface area contributed by atoms with E-state index in [0.717, 1.165) is 24.2 Å². The average Bonchev–Trinajstić information content (AvgIpc) is 3.02. The van der Waals surface area contributed by atoms with E-state index in [0.29, 0.717) is 6.04 Å². The molecule has 0 radical (unpaired) electrons. The Labute approximate surface area is 115 Å². The molecule has 2 nitrogen and oxygen atoms in total. The van der Waals surface area contributed by atoms with E-state index in [9.17, 15) is 0 Å². The van der Waals surface area contributed by atoms with Gasteiger partial charge in [0.15, 0.2) is 0 Å². The molecule has 1 saturated heterocycles. The van der Waals surface area contributed by atoms with Crippen molar-refractivity contribution >= 4 is 6.08 Å². The Bertz CT molecular complexity index is 437. The molecule has 1 N–H and O–H groups in total. The van der Waals surface area contributed by atoms with E-state index >= 15 is 0 Å². The van der Waals surface area contributed by atoms with E-state index in [4.69, 9.17) is 4.74 Å². The van der Waals surface area contributed by atoms with Crippen molar-refractivity contribution in [3.8, 4) is 5.75 Å². The molecule has 1 aliphatic heterocycles. The van der Waals surface area contributed by atoms with Crippen LogP contribution in [0.5, 0.6) is 5.75 Å². The van der Waals surface area contributed by atoms with E-state index in [2.05, 4.69) is 29.6 Å². The minimum Gasteiger partial charge on any atom is -0.494 e. The lowest BCUT2D eigenvalue weighted by molar-refractivity contribution is 0.340. The van der Waals surface area contributed by atoms with Gasteiger partial charge in [0.2, 0.25) is 0 Å². The molecule has 3 atom stereocenters. The normalized spacial score (nSPS) is 29.8. The Morgan fingerprint density at radius 2 is 2.11 bits per heavy atom. The predicted molar refractivity (Wildman–Crippen MR) is 79.3 cm³/mol. The highest BCUT2D eigenvalue weighted by molar-refractivity contribution is 5.51. The second-order valence-corrected chi connectivity index (χ2v) is 5.65. The second-order valence-electron chi connectivity index (χ2n) is 5.65. The lowest BCUT2D eigenvalue weighted by atomic mass is 9.93. The van der Waals surface area contributed by atoms with Crippen LogP contribution in [0.25, 0.3) is 6.08 Å². The summed E-state index contributed by atoms with van der Waals surface area (Å²) in [5.74, 6) is 2.75. The molecule has 1 aliphatic carbocycles. The summed E-state index contributed by atoms with van der Waals surface area (Å²) in [6, 6.07) is 8.93. The summed E-state index contributed by atoms with van der Waals surface area (Å²) in [4.78, 5) is 0. The van der Waals surface area contributed by atoms with Crippen LogP contribution in [0.2, 0.25) is 0 Å². The van der Waals surface area contributed by atoms with E-state index < -0.39 is 0 Å². The third kappa shape index (κ3) is 2.84. The molecule has 0 spiro atoms. The van der Waals surface area contributed by atoms with E-state index in [-0.39, 0.29) is 0 Å². The SMILES string of the molecule is CCOc1ccc(/C=C/C2NCC3CCCC32)cc1. The van der Waals surface area contributed by atoms with Gasteiger partial charge < -0.3 is 10.1 Å². The average molecular weight is 257 g/mol. The summed E-state index contributed by atoms with van der Waals surface area (Å²) >= 11 is 0. The Balaban J connectivity index is 1.62. The number of hydrogen-bond acceptors (Lipinski definition) is 2. The lowest BCUT2D eigenvalue weighted by Gasteiger charge is -2.13. The largest absolute Gasteiger partial charge is 0.494 e. The highest BCUT2D eigenvalue weighted by Gasteiger charge is 2.37. The maximum absolute atomic E-state index is 5.46. The predicted octanol–water partition coefficient (Wildman–Crippen LogP) is 3.49. The first-order chi connectivity index (χ1) is 9.36. The molecule has 19 heavy (non-hydrogen) atoms. The zero-order valence-corrected chi connectivity index (χ0v) is 11.6. The molecular weight excluding hydrogens is 234 g/mol. The maximum Gasteiger partial charge on any atom is 0.119 e. The van der Waals surface area contributed by atoms with Gasteiger partial charge in [0.1, 0.15) is 5.75 Å². The molecular formula is C17H23NO. The van der Waals surface area contributed by atoms with Crippen molar-refractivity contribution in [2.45, 2.75) is 32.2 Å². The molecule has 102 valence electrons. The monoisotopic (exact) mass is 257 g/mol. The van der Waals surface area contributed by atoms with Gasteiger partial charge in [-0.05, 0) is 55.8 Å². The first-order valence-corrected chi connectivity index (χ1v) is 7.51. The Hall–Kier alpha value is -1.28. The summed E-state index contributed by atoms with van der Waals surface area (Å²) in [6.45, 7) is 3.95. The van der Waals surface area contributed by atoms with Gasteiger partial charge in [-0.25, -0.2) is 0 Å². The molecule has 1 aromatic rings. The van der Waals surface area contributed by atoms with Gasteiger partial charge in [0.25, 0.3) is 0 Å². The fourth-order valence-corrected chi connectivity index (χ4v) is 3.50. The second kappa shape index (κ2) is 5.79. The first-order valence-electron chi connectivity index (χ1n) is 7.51. The summed E-state index contributed by atoms with van der Waals surface area (Å²) < 4.78 is 5.46. The van der Waals surface area contributed by atoms with Gasteiger partial charge in [-0.1, -0.05) is 30.7 Å². The van der Waals surface area contributed by atoms with Crippen molar-refractivity contribution in [3.63, 3.8) is 0 Å². The Morgan fingerprint density at radius 1 is 1.26 bits per heavy atom. The van der Waals surface area contributed by atoms with Crippen LogP contribution < -0.4 is 10.1 Å². The molecule has 0 amide bonds. The van der Waals surface area contributed by atoms with E-state index in [1.165, 1.54) is 31.4 Å². The van der Waals surface area contributed by atoms with Crippen LogP contribution in [0.1, 0.15) is 31.7 Å². The molecule has 2 heteroatoms. The molecule has 3 rings (SSSR count). The molecule has 0 bridgehead atoms. The standard InChI is InChI=1S/C17H23NO/c1-2-19-15-9-6-13(7-10-15)8-11-17-16-5-3-4-14(16)12-18-17/h6-11,14,16-18H,2-5,12H2,1H3/b11-8+. The van der Waals surface area contributed by atoms with Crippen molar-refractivity contribution in [1.29, 1.82) is 0 Å². The number of hydrogen-bond donors (Lipinski definition) is 1. The van der Waals surface area contributed by atoms with Crippen molar-refractivity contribution in [3.05, 3.63) is 35.9 Å². The summed E-state index contributed by atoms with van der Waals surface area (Å²) in [7, 11) is 0. The zero-order valence-electron chi connectivity index (χ0n) is 11.6. The quantitative estimate of drug-likeness (QED) is 0.891. The minimum atomic E-state index is 0.582. The van der Waals surface area contributed by atoms with Gasteiger partial charge in [-0.3, -0.25) is 0 Å². The molecule has 0 aromatic heterocycles. The highest BCUT2D eigenvalue weighted by Crippen LogP contribution is 2.38. The summed E-state index contributed by atoms with van der Waals surface area (Å²) in [5.41, 5.74) is 1.26. The van der Waals surface area contributed by atoms with Gasteiger partial charge >= 0.3 is 0 Å². The van der Waals surface area contributed by atoms with Gasteiger partial charge in [0, 0.05) is 6.04 Å². The van der Waals surface area contributed by atoms with Gasteiger partial charge in [0.05, 0.1) is 6.61 Å². The fourth-order valence-electron chi connectivity index (χ4n) is 3.50. The van der Waals surface area contributed by atoms with E-state index in [1.807, 2.05) is 19.1 Å². The highest BCUT2D eigenvalue weighted by atomic mass is 16.5. The third-order valence-electron chi connectivity index (χ3n) is 4.48. The zero-order chi connectivity index (χ0) is 13.1. The van der Waals surface area contributed by atoms with Crippen molar-refractivity contribution in [1.82, 2.24) is 5.32 Å². The van der Waals surface area contributed by atoms with Crippen LogP contribution in [-0.2, 0) is 0 Å². The minimum absolute atomic E-state index is 0.582. The lowest BCUT2D eigenvalue weighted by Crippen LogP contribution is -2.23. The smallest absolute Gasteiger partial charge is 0.119 e. The van der Waals surface area contributed by atoms with Crippen LogP contribution in [0, 0.1) is 11.8 Å². The molecule has 3 unspecified atom stereocenters. The summed E-state index contributed by atoms with van der Waals surface area (Å²) in [5, 5.41) is 3.65. The number of rotatable bonds is 4. The topological polar surface area (TPSA) is 21.3 Å². The molecule has 2 fully saturated rings. The van der Waals surface area contributed by atoms with Gasteiger partial charge in [-0.2, -0.15) is 0 Å². The first kappa shape index (κ1) is 12.7. The molecule has 1 saturated carbocycles. The maximum atomic E-state index is 5.46. The van der Waals surface area contributed by atoms with Crippen molar-refractivity contribution in [2.75, 3.05) is 13.2 Å². The molecule has 1 aromatic carbocycles. The van der Waals surface area contributed by atoms with Crippen LogP contribution in [0.4, 0.5) is 0 Å². The number of benzene rings is 1. The van der Waals surface area contributed by atoms with Crippen LogP contribution in [0.3, 0.4) is 0 Å². The van der Waals surface area contributed by atoms with Crippen molar-refractivity contribution < 1.29 is 4.74 Å². The molecule has 2 aliphatic rings. The van der Waals surface area contributed by atoms with Crippen LogP contribution >= 0.6 is 0 Å². The molecule has 1 heterocycles. The van der Waals surface area contributed by atoms with Crippen LogP contribution in [-0.4, -0.2) is 19.2 Å². The fraction of sp³-hybridized carbons (Fsp3) is 0.529. The Morgan fingerprint density at radius 3 is 2.89 bits per heavy atom. The van der Waals surface area contributed by atoms with Crippen LogP contribution in [0.15, 0.2) is 30.3 Å². The Kier molecular flexibility index (Phi) is 3.88. The van der Waals surface area contributed by atoms with E-state index in [1.54, 1.807) is 0 Å². The third-order valence-corrected chi connectivity index (χ3v) is 4.48.